The second-order valence-corrected chi connectivity index (χ2v) is 9.40. The van der Waals surface area contributed by atoms with E-state index in [1.165, 1.54) is 12.4 Å². The van der Waals surface area contributed by atoms with Crippen LogP contribution in [0.15, 0.2) is 12.4 Å². The second kappa shape index (κ2) is 8.08. The van der Waals surface area contributed by atoms with Crippen LogP contribution in [-0.4, -0.2) is 75.1 Å². The average molecular weight is 382 g/mol. The van der Waals surface area contributed by atoms with Gasteiger partial charge in [0.2, 0.25) is 11.9 Å². The summed E-state index contributed by atoms with van der Waals surface area (Å²) < 4.78 is 12.6. The van der Waals surface area contributed by atoms with Crippen molar-refractivity contribution in [1.29, 1.82) is 0 Å². The molecule has 3 rings (SSSR count). The van der Waals surface area contributed by atoms with E-state index in [0.717, 1.165) is 52.1 Å². The van der Waals surface area contributed by atoms with Gasteiger partial charge in [0.1, 0.15) is 0 Å². The van der Waals surface area contributed by atoms with E-state index in [1.807, 2.05) is 18.7 Å². The van der Waals surface area contributed by atoms with Crippen LogP contribution in [0.4, 0.5) is 10.3 Å². The highest BCUT2D eigenvalue weighted by molar-refractivity contribution is 8.02. The lowest BCUT2D eigenvalue weighted by molar-refractivity contribution is -0.131. The minimum Gasteiger partial charge on any atom is -0.338 e. The third-order valence-electron chi connectivity index (χ3n) is 5.07. The Bertz CT molecular complexity index is 619. The molecule has 0 spiro atoms. The number of halogens is 1. The lowest BCUT2D eigenvalue weighted by Gasteiger charge is -2.34. The summed E-state index contributed by atoms with van der Waals surface area (Å²) in [5, 5.41) is 0.275. The maximum Gasteiger partial charge on any atom is 0.239 e. The first-order chi connectivity index (χ1) is 12.4. The van der Waals surface area contributed by atoms with Crippen LogP contribution in [0.3, 0.4) is 0 Å². The van der Waals surface area contributed by atoms with E-state index in [1.54, 1.807) is 11.8 Å². The largest absolute Gasteiger partial charge is 0.338 e. The fourth-order valence-electron chi connectivity index (χ4n) is 3.59. The summed E-state index contributed by atoms with van der Waals surface area (Å²) in [6.07, 6.45) is 4.56. The van der Waals surface area contributed by atoms with Crippen LogP contribution >= 0.6 is 11.8 Å². The van der Waals surface area contributed by atoms with Gasteiger partial charge in [0.05, 0.1) is 22.5 Å². The predicted molar refractivity (Wildman–Crippen MR) is 103 cm³/mol. The second-order valence-electron chi connectivity index (χ2n) is 7.46. The maximum absolute atomic E-state index is 12.9. The number of aromatic nitrogens is 2. The molecule has 0 aromatic carbocycles. The van der Waals surface area contributed by atoms with Crippen molar-refractivity contribution < 1.29 is 9.18 Å². The van der Waals surface area contributed by atoms with Gasteiger partial charge in [-0.25, -0.2) is 14.4 Å². The van der Waals surface area contributed by atoms with Gasteiger partial charge in [-0.3, -0.25) is 9.69 Å². The highest BCUT2D eigenvalue weighted by Gasteiger charge is 2.43. The van der Waals surface area contributed by atoms with Gasteiger partial charge in [-0.15, -0.1) is 11.8 Å². The molecule has 0 aliphatic carbocycles. The van der Waals surface area contributed by atoms with Crippen LogP contribution in [0.5, 0.6) is 0 Å². The first-order valence-electron chi connectivity index (χ1n) is 9.30. The molecule has 1 unspecified atom stereocenters. The summed E-state index contributed by atoms with van der Waals surface area (Å²) in [4.78, 5) is 27.0. The molecule has 2 aliphatic heterocycles. The zero-order valence-electron chi connectivity index (χ0n) is 15.8. The van der Waals surface area contributed by atoms with Crippen LogP contribution in [0.2, 0.25) is 0 Å². The quantitative estimate of drug-likeness (QED) is 0.705. The summed E-state index contributed by atoms with van der Waals surface area (Å²) in [7, 11) is 0. The molecule has 2 saturated heterocycles. The van der Waals surface area contributed by atoms with Crippen LogP contribution in [0, 0.1) is 5.82 Å². The van der Waals surface area contributed by atoms with Gasteiger partial charge >= 0.3 is 0 Å². The number of amides is 1. The number of rotatable bonds is 6. The van der Waals surface area contributed by atoms with Gasteiger partial charge in [-0.05, 0) is 40.2 Å². The zero-order chi connectivity index (χ0) is 18.7. The van der Waals surface area contributed by atoms with Gasteiger partial charge in [0.25, 0.3) is 0 Å². The molecule has 1 aromatic rings. The molecule has 1 amide bonds. The summed E-state index contributed by atoms with van der Waals surface area (Å²) >= 11 is 1.75. The summed E-state index contributed by atoms with van der Waals surface area (Å²) in [6.45, 7) is 11.7. The number of carbonyl (C=O) groups is 1. The molecule has 8 heteroatoms. The molecule has 0 bridgehead atoms. The fraction of sp³-hybridized carbons (Fsp3) is 0.722. The SMILES string of the molecule is CC1SC(C)(C)C(=O)N1CCCCN1CCN(c2ncc(F)cn2)CC1. The van der Waals surface area contributed by atoms with Gasteiger partial charge in [-0.2, -0.15) is 0 Å². The Labute approximate surface area is 159 Å². The van der Waals surface area contributed by atoms with Crippen LogP contribution < -0.4 is 4.90 Å². The van der Waals surface area contributed by atoms with Crippen molar-refractivity contribution in [2.24, 2.45) is 0 Å². The zero-order valence-corrected chi connectivity index (χ0v) is 16.6. The highest BCUT2D eigenvalue weighted by Crippen LogP contribution is 2.39. The topological polar surface area (TPSA) is 52.6 Å². The molecule has 0 saturated carbocycles. The predicted octanol–water partition coefficient (Wildman–Crippen LogP) is 2.22. The van der Waals surface area contributed by atoms with E-state index in [2.05, 4.69) is 26.7 Å². The fourth-order valence-corrected chi connectivity index (χ4v) is 4.99. The molecule has 2 fully saturated rings. The number of nitrogens with zero attached hydrogens (tertiary/aromatic N) is 5. The van der Waals surface area contributed by atoms with Gasteiger partial charge in [0, 0.05) is 32.7 Å². The Balaban J connectivity index is 1.35. The Morgan fingerprint density at radius 2 is 1.77 bits per heavy atom. The van der Waals surface area contributed by atoms with Crippen molar-refractivity contribution in [1.82, 2.24) is 19.8 Å². The first-order valence-corrected chi connectivity index (χ1v) is 10.2. The van der Waals surface area contributed by atoms with Crippen LogP contribution in [0.1, 0.15) is 33.6 Å². The third-order valence-corrected chi connectivity index (χ3v) is 6.42. The average Bonchev–Trinajstić information content (AvgIpc) is 2.81. The lowest BCUT2D eigenvalue weighted by Crippen LogP contribution is -2.47. The molecule has 0 radical (unpaired) electrons. The minimum absolute atomic E-state index is 0.267. The Morgan fingerprint density at radius 3 is 2.35 bits per heavy atom. The summed E-state index contributed by atoms with van der Waals surface area (Å²) in [6, 6.07) is 0. The number of thioether (sulfide) groups is 1. The van der Waals surface area contributed by atoms with E-state index in [0.29, 0.717) is 5.95 Å². The smallest absolute Gasteiger partial charge is 0.239 e. The van der Waals surface area contributed by atoms with Crippen molar-refractivity contribution in [3.8, 4) is 0 Å². The standard InChI is InChI=1S/C18H28FN5OS/c1-14-24(16(25)18(2,3)26-14)7-5-4-6-22-8-10-23(11-9-22)17-20-12-15(19)13-21-17/h12-14H,4-11H2,1-3H3. The van der Waals surface area contributed by atoms with Gasteiger partial charge < -0.3 is 9.80 Å². The molecule has 26 heavy (non-hydrogen) atoms. The van der Waals surface area contributed by atoms with E-state index < -0.39 is 5.82 Å². The van der Waals surface area contributed by atoms with Gasteiger partial charge in [0.15, 0.2) is 5.82 Å². The normalized spacial score (nSPS) is 23.7. The number of hydrogen-bond donors (Lipinski definition) is 0. The number of unbranched alkanes of at least 4 members (excludes halogenated alkanes) is 1. The summed E-state index contributed by atoms with van der Waals surface area (Å²) in [5.74, 6) is 0.468. The third kappa shape index (κ3) is 4.46. The van der Waals surface area contributed by atoms with Crippen molar-refractivity contribution in [2.45, 2.75) is 43.7 Å². The van der Waals surface area contributed by atoms with Crippen molar-refractivity contribution in [3.05, 3.63) is 18.2 Å². The molecule has 2 aliphatic rings. The molecular formula is C18H28FN5OS. The van der Waals surface area contributed by atoms with E-state index >= 15 is 0 Å². The van der Waals surface area contributed by atoms with E-state index in [4.69, 9.17) is 0 Å². The monoisotopic (exact) mass is 381 g/mol. The Morgan fingerprint density at radius 1 is 1.15 bits per heavy atom. The Kier molecular flexibility index (Phi) is 6.02. The molecule has 1 atom stereocenters. The summed E-state index contributed by atoms with van der Waals surface area (Å²) in [5.41, 5.74) is 0. The maximum atomic E-state index is 12.9. The van der Waals surface area contributed by atoms with E-state index in [-0.39, 0.29) is 16.0 Å². The van der Waals surface area contributed by atoms with Crippen LogP contribution in [0.25, 0.3) is 0 Å². The van der Waals surface area contributed by atoms with Crippen molar-refractivity contribution >= 4 is 23.6 Å². The Hall–Kier alpha value is -1.41. The minimum atomic E-state index is -0.403. The molecule has 3 heterocycles. The highest BCUT2D eigenvalue weighted by atomic mass is 32.2. The molecule has 1 aromatic heterocycles. The molecular weight excluding hydrogens is 353 g/mol. The lowest BCUT2D eigenvalue weighted by atomic mass is 10.1. The number of hydrogen-bond acceptors (Lipinski definition) is 6. The molecule has 6 nitrogen and oxygen atoms in total. The number of piperazine rings is 1. The molecule has 144 valence electrons. The number of carbonyl (C=O) groups excluding carboxylic acids is 1. The van der Waals surface area contributed by atoms with Gasteiger partial charge in [-0.1, -0.05) is 0 Å². The van der Waals surface area contributed by atoms with Crippen molar-refractivity contribution in [2.75, 3.05) is 44.2 Å². The van der Waals surface area contributed by atoms with E-state index in [9.17, 15) is 9.18 Å². The first kappa shape index (κ1) is 19.4. The van der Waals surface area contributed by atoms with Crippen molar-refractivity contribution in [3.63, 3.8) is 0 Å². The number of anilines is 1. The molecule has 0 N–H and O–H groups in total. The van der Waals surface area contributed by atoms with Crippen LogP contribution in [-0.2, 0) is 4.79 Å².